The van der Waals surface area contributed by atoms with E-state index in [9.17, 15) is 4.39 Å². The van der Waals surface area contributed by atoms with Gasteiger partial charge >= 0.3 is 0 Å². The predicted molar refractivity (Wildman–Crippen MR) is 61.1 cm³/mol. The lowest BCUT2D eigenvalue weighted by molar-refractivity contribution is 0.623. The summed E-state index contributed by atoms with van der Waals surface area (Å²) in [6.07, 6.45) is 0. The molecule has 0 bridgehead atoms. The average Bonchev–Trinajstić information content (AvgIpc) is 2.11. The molecule has 0 unspecified atom stereocenters. The number of hydrogen-bond donors (Lipinski definition) is 0. The number of fused-ring (bicyclic) bond motifs is 1. The van der Waals surface area contributed by atoms with Gasteiger partial charge in [-0.2, -0.15) is 0 Å². The highest BCUT2D eigenvalue weighted by Gasteiger charge is 2.03. The normalized spacial score (nSPS) is 10.9. The van der Waals surface area contributed by atoms with E-state index in [2.05, 4.69) is 28.9 Å². The molecule has 0 radical (unpaired) electrons. The first-order valence-corrected chi connectivity index (χ1v) is 5.23. The molecular weight excluding hydrogens is 243 g/mol. The fourth-order valence-corrected chi connectivity index (χ4v) is 1.88. The van der Waals surface area contributed by atoms with Crippen molar-refractivity contribution in [1.29, 1.82) is 0 Å². The van der Waals surface area contributed by atoms with Gasteiger partial charge in [-0.15, -0.1) is 0 Å². The summed E-state index contributed by atoms with van der Waals surface area (Å²) in [5, 5.41) is 2.02. The van der Waals surface area contributed by atoms with Gasteiger partial charge in [0.05, 0.1) is 4.47 Å². The first kappa shape index (κ1) is 9.66. The molecular formula is C12H10BrF. The molecule has 0 aliphatic heterocycles. The number of rotatable bonds is 0. The molecule has 0 heterocycles. The lowest BCUT2D eigenvalue weighted by Crippen LogP contribution is -1.84. The highest BCUT2D eigenvalue weighted by Crippen LogP contribution is 2.25. The molecule has 0 N–H and O–H groups in total. The van der Waals surface area contributed by atoms with Crippen LogP contribution in [0.2, 0.25) is 0 Å². The second-order valence-corrected chi connectivity index (χ2v) is 4.40. The summed E-state index contributed by atoms with van der Waals surface area (Å²) in [7, 11) is 0. The van der Waals surface area contributed by atoms with E-state index in [1.807, 2.05) is 19.1 Å². The van der Waals surface area contributed by atoms with E-state index >= 15 is 0 Å². The first-order chi connectivity index (χ1) is 6.58. The van der Waals surface area contributed by atoms with Gasteiger partial charge in [0.2, 0.25) is 0 Å². The van der Waals surface area contributed by atoms with E-state index in [1.54, 1.807) is 6.07 Å². The van der Waals surface area contributed by atoms with Crippen molar-refractivity contribution in [3.05, 3.63) is 45.7 Å². The van der Waals surface area contributed by atoms with Gasteiger partial charge < -0.3 is 0 Å². The highest BCUT2D eigenvalue weighted by atomic mass is 79.9. The fraction of sp³-hybridized carbons (Fsp3) is 0.167. The largest absolute Gasteiger partial charge is 0.206 e. The standard InChI is InChI=1S/C12H10BrF/c1-7-3-9-5-11(13)12(14)6-10(9)4-8(7)2/h3-6H,1-2H3. The van der Waals surface area contributed by atoms with Crippen LogP contribution < -0.4 is 0 Å². The van der Waals surface area contributed by atoms with Crippen LogP contribution in [0.3, 0.4) is 0 Å². The van der Waals surface area contributed by atoms with Crippen LogP contribution in [-0.4, -0.2) is 0 Å². The molecule has 0 spiro atoms. The summed E-state index contributed by atoms with van der Waals surface area (Å²) in [5.41, 5.74) is 2.43. The summed E-state index contributed by atoms with van der Waals surface area (Å²) in [6.45, 7) is 4.10. The van der Waals surface area contributed by atoms with Gasteiger partial charge in [0.25, 0.3) is 0 Å². The summed E-state index contributed by atoms with van der Waals surface area (Å²) in [5.74, 6) is -0.208. The Bertz CT molecular complexity index is 414. The molecule has 0 aliphatic rings. The van der Waals surface area contributed by atoms with Crippen molar-refractivity contribution in [2.24, 2.45) is 0 Å². The Morgan fingerprint density at radius 3 is 2.00 bits per heavy atom. The Labute approximate surface area is 90.9 Å². The van der Waals surface area contributed by atoms with Crippen LogP contribution in [0, 0.1) is 19.7 Å². The second kappa shape index (κ2) is 3.35. The molecule has 0 aliphatic carbocycles. The Balaban J connectivity index is 2.83. The van der Waals surface area contributed by atoms with E-state index < -0.39 is 0 Å². The van der Waals surface area contributed by atoms with Crippen molar-refractivity contribution in [3.8, 4) is 0 Å². The van der Waals surface area contributed by atoms with Crippen molar-refractivity contribution in [2.45, 2.75) is 13.8 Å². The smallest absolute Gasteiger partial charge is 0.138 e. The SMILES string of the molecule is Cc1cc2cc(F)c(Br)cc2cc1C. The minimum atomic E-state index is -0.208. The average molecular weight is 253 g/mol. The lowest BCUT2D eigenvalue weighted by atomic mass is 10.0. The van der Waals surface area contributed by atoms with Gasteiger partial charge in [-0.3, -0.25) is 0 Å². The van der Waals surface area contributed by atoms with E-state index in [0.717, 1.165) is 10.8 Å². The van der Waals surface area contributed by atoms with Crippen molar-refractivity contribution in [3.63, 3.8) is 0 Å². The van der Waals surface area contributed by atoms with E-state index in [-0.39, 0.29) is 5.82 Å². The maximum Gasteiger partial charge on any atom is 0.138 e. The van der Waals surface area contributed by atoms with Crippen molar-refractivity contribution in [2.75, 3.05) is 0 Å². The van der Waals surface area contributed by atoms with Gasteiger partial charge in [-0.1, -0.05) is 12.1 Å². The Morgan fingerprint density at radius 1 is 0.929 bits per heavy atom. The zero-order chi connectivity index (χ0) is 10.3. The Morgan fingerprint density at radius 2 is 1.43 bits per heavy atom. The van der Waals surface area contributed by atoms with Gasteiger partial charge in [-0.05, 0) is 63.8 Å². The molecule has 0 saturated carbocycles. The molecule has 0 amide bonds. The minimum absolute atomic E-state index is 0.208. The van der Waals surface area contributed by atoms with Crippen LogP contribution in [0.1, 0.15) is 11.1 Å². The number of benzene rings is 2. The summed E-state index contributed by atoms with van der Waals surface area (Å²) in [4.78, 5) is 0. The van der Waals surface area contributed by atoms with Crippen LogP contribution in [0.25, 0.3) is 10.8 Å². The molecule has 0 saturated heterocycles. The van der Waals surface area contributed by atoms with Crippen LogP contribution in [0.15, 0.2) is 28.7 Å². The molecule has 72 valence electrons. The van der Waals surface area contributed by atoms with Crippen molar-refractivity contribution in [1.82, 2.24) is 0 Å². The molecule has 2 aromatic rings. The molecule has 14 heavy (non-hydrogen) atoms. The van der Waals surface area contributed by atoms with Crippen LogP contribution >= 0.6 is 15.9 Å². The molecule has 2 aromatic carbocycles. The number of hydrogen-bond acceptors (Lipinski definition) is 0. The third kappa shape index (κ3) is 1.55. The monoisotopic (exact) mass is 252 g/mol. The van der Waals surface area contributed by atoms with Gasteiger partial charge in [0.15, 0.2) is 0 Å². The van der Waals surface area contributed by atoms with Gasteiger partial charge in [0.1, 0.15) is 5.82 Å². The van der Waals surface area contributed by atoms with Crippen LogP contribution in [0.4, 0.5) is 4.39 Å². The zero-order valence-electron chi connectivity index (χ0n) is 8.07. The minimum Gasteiger partial charge on any atom is -0.206 e. The lowest BCUT2D eigenvalue weighted by Gasteiger charge is -2.04. The van der Waals surface area contributed by atoms with E-state index in [4.69, 9.17) is 0 Å². The zero-order valence-corrected chi connectivity index (χ0v) is 9.65. The van der Waals surface area contributed by atoms with Gasteiger partial charge in [0, 0.05) is 0 Å². The van der Waals surface area contributed by atoms with E-state index in [1.165, 1.54) is 11.1 Å². The van der Waals surface area contributed by atoms with E-state index in [0.29, 0.717) is 4.47 Å². The second-order valence-electron chi connectivity index (χ2n) is 3.55. The third-order valence-corrected chi connectivity index (χ3v) is 3.10. The highest BCUT2D eigenvalue weighted by molar-refractivity contribution is 9.10. The summed E-state index contributed by atoms with van der Waals surface area (Å²) < 4.78 is 13.8. The fourth-order valence-electron chi connectivity index (χ4n) is 1.52. The van der Waals surface area contributed by atoms with Crippen molar-refractivity contribution < 1.29 is 4.39 Å². The number of aryl methyl sites for hydroxylation is 2. The summed E-state index contributed by atoms with van der Waals surface area (Å²) in [6, 6.07) is 7.47. The van der Waals surface area contributed by atoms with Crippen LogP contribution in [-0.2, 0) is 0 Å². The molecule has 0 aromatic heterocycles. The van der Waals surface area contributed by atoms with Crippen molar-refractivity contribution >= 4 is 26.7 Å². The maximum atomic E-state index is 13.2. The molecule has 2 rings (SSSR count). The van der Waals surface area contributed by atoms with Gasteiger partial charge in [-0.25, -0.2) is 4.39 Å². The Hall–Kier alpha value is -0.890. The van der Waals surface area contributed by atoms with Crippen LogP contribution in [0.5, 0.6) is 0 Å². The number of halogens is 2. The Kier molecular flexibility index (Phi) is 2.31. The molecule has 0 nitrogen and oxygen atoms in total. The molecule has 0 fully saturated rings. The quantitative estimate of drug-likeness (QED) is 0.654. The first-order valence-electron chi connectivity index (χ1n) is 4.44. The third-order valence-electron chi connectivity index (χ3n) is 2.49. The summed E-state index contributed by atoms with van der Waals surface area (Å²) >= 11 is 3.18. The molecule has 2 heteroatoms. The maximum absolute atomic E-state index is 13.2. The predicted octanol–water partition coefficient (Wildman–Crippen LogP) is 4.36. The topological polar surface area (TPSA) is 0 Å². The molecule has 0 atom stereocenters.